The van der Waals surface area contributed by atoms with Crippen molar-refractivity contribution in [1.29, 1.82) is 0 Å². The second kappa shape index (κ2) is 11.3. The van der Waals surface area contributed by atoms with Gasteiger partial charge in [-0.3, -0.25) is 9.59 Å². The van der Waals surface area contributed by atoms with Crippen LogP contribution in [0.3, 0.4) is 0 Å². The topological polar surface area (TPSA) is 70.2 Å². The van der Waals surface area contributed by atoms with Crippen LogP contribution in [0.15, 0.2) is 66.2 Å². The molecule has 0 fully saturated rings. The first-order valence-electron chi connectivity index (χ1n) is 10.8. The molecule has 1 aliphatic carbocycles. The van der Waals surface area contributed by atoms with Gasteiger partial charge in [0.15, 0.2) is 0 Å². The summed E-state index contributed by atoms with van der Waals surface area (Å²) in [6, 6.07) is 16.7. The molecule has 2 aromatic carbocycles. The van der Waals surface area contributed by atoms with E-state index in [1.807, 2.05) is 37.3 Å². The normalized spacial score (nSPS) is 14.5. The number of nitrogens with one attached hydrogen (secondary N) is 3. The molecule has 1 atom stereocenters. The number of hydrogen-bond donors (Lipinski definition) is 3. The van der Waals surface area contributed by atoms with Crippen LogP contribution in [0.4, 0.5) is 5.69 Å². The molecule has 0 saturated heterocycles. The van der Waals surface area contributed by atoms with E-state index in [9.17, 15) is 9.59 Å². The molecule has 158 valence electrons. The van der Waals surface area contributed by atoms with Gasteiger partial charge in [0, 0.05) is 11.3 Å². The van der Waals surface area contributed by atoms with E-state index in [-0.39, 0.29) is 24.4 Å². The van der Waals surface area contributed by atoms with Gasteiger partial charge in [-0.2, -0.15) is 0 Å². The Morgan fingerprint density at radius 3 is 2.47 bits per heavy atom. The second-order valence-electron chi connectivity index (χ2n) is 7.77. The SMILES string of the molecule is CC(NC(=O)c1ccc(NC(=O)CNCCC2=CCCCC2)cc1)c1ccccc1. The first kappa shape index (κ1) is 21.8. The zero-order valence-electron chi connectivity index (χ0n) is 17.6. The third-order valence-electron chi connectivity index (χ3n) is 5.37. The van der Waals surface area contributed by atoms with Gasteiger partial charge in [0.05, 0.1) is 12.6 Å². The third kappa shape index (κ3) is 6.85. The van der Waals surface area contributed by atoms with E-state index in [2.05, 4.69) is 22.0 Å². The Labute approximate surface area is 179 Å². The molecule has 5 nitrogen and oxygen atoms in total. The van der Waals surface area contributed by atoms with Crippen molar-refractivity contribution in [1.82, 2.24) is 10.6 Å². The fourth-order valence-electron chi connectivity index (χ4n) is 3.60. The molecule has 2 aromatic rings. The smallest absolute Gasteiger partial charge is 0.251 e. The highest BCUT2D eigenvalue weighted by Gasteiger charge is 2.11. The second-order valence-corrected chi connectivity index (χ2v) is 7.77. The van der Waals surface area contributed by atoms with Gasteiger partial charge in [0.1, 0.15) is 0 Å². The highest BCUT2D eigenvalue weighted by Crippen LogP contribution is 2.19. The lowest BCUT2D eigenvalue weighted by molar-refractivity contribution is -0.115. The average Bonchev–Trinajstić information content (AvgIpc) is 2.78. The van der Waals surface area contributed by atoms with E-state index in [1.165, 1.54) is 31.3 Å². The van der Waals surface area contributed by atoms with E-state index in [1.54, 1.807) is 24.3 Å². The summed E-state index contributed by atoms with van der Waals surface area (Å²) in [5.74, 6) is -0.217. The summed E-state index contributed by atoms with van der Waals surface area (Å²) >= 11 is 0. The quantitative estimate of drug-likeness (QED) is 0.422. The van der Waals surface area contributed by atoms with Gasteiger partial charge < -0.3 is 16.0 Å². The maximum Gasteiger partial charge on any atom is 0.251 e. The van der Waals surface area contributed by atoms with Crippen LogP contribution in [0.25, 0.3) is 0 Å². The van der Waals surface area contributed by atoms with Crippen molar-refractivity contribution in [3.05, 3.63) is 77.4 Å². The fourth-order valence-corrected chi connectivity index (χ4v) is 3.60. The van der Waals surface area contributed by atoms with Crippen LogP contribution in [-0.4, -0.2) is 24.9 Å². The lowest BCUT2D eigenvalue weighted by Crippen LogP contribution is -2.29. The molecule has 0 bridgehead atoms. The zero-order valence-corrected chi connectivity index (χ0v) is 17.6. The van der Waals surface area contributed by atoms with Crippen molar-refractivity contribution >= 4 is 17.5 Å². The van der Waals surface area contributed by atoms with Crippen LogP contribution < -0.4 is 16.0 Å². The summed E-state index contributed by atoms with van der Waals surface area (Å²) in [5, 5.41) is 9.06. The van der Waals surface area contributed by atoms with Crippen molar-refractivity contribution in [2.45, 2.75) is 45.1 Å². The molecule has 3 rings (SSSR count). The van der Waals surface area contributed by atoms with Gasteiger partial charge in [-0.25, -0.2) is 0 Å². The van der Waals surface area contributed by atoms with Crippen molar-refractivity contribution in [2.24, 2.45) is 0 Å². The standard InChI is InChI=1S/C25H31N3O2/c1-19(21-10-6-3-7-11-21)27-25(30)22-12-14-23(15-13-22)28-24(29)18-26-17-16-20-8-4-2-5-9-20/h3,6-8,10-15,19,26H,2,4-5,9,16-18H2,1H3,(H,27,30)(H,28,29). The summed E-state index contributed by atoms with van der Waals surface area (Å²) in [4.78, 5) is 24.6. The molecule has 0 aromatic heterocycles. The van der Waals surface area contributed by atoms with Gasteiger partial charge in [-0.15, -0.1) is 0 Å². The molecule has 3 N–H and O–H groups in total. The average molecular weight is 406 g/mol. The predicted molar refractivity (Wildman–Crippen MR) is 121 cm³/mol. The molecule has 5 heteroatoms. The number of allylic oxidation sites excluding steroid dienone is 1. The predicted octanol–water partition coefficient (Wildman–Crippen LogP) is 4.60. The highest BCUT2D eigenvalue weighted by atomic mass is 16.2. The van der Waals surface area contributed by atoms with Crippen LogP contribution in [0.5, 0.6) is 0 Å². The summed E-state index contributed by atoms with van der Waals surface area (Å²) in [6.45, 7) is 3.06. The summed E-state index contributed by atoms with van der Waals surface area (Å²) < 4.78 is 0. The van der Waals surface area contributed by atoms with Gasteiger partial charge in [-0.05, 0) is 75.4 Å². The first-order chi connectivity index (χ1) is 14.6. The van der Waals surface area contributed by atoms with Crippen LogP contribution in [0.2, 0.25) is 0 Å². The van der Waals surface area contributed by atoms with Crippen LogP contribution in [-0.2, 0) is 4.79 Å². The lowest BCUT2D eigenvalue weighted by atomic mass is 9.97. The van der Waals surface area contributed by atoms with Crippen LogP contribution in [0, 0.1) is 0 Å². The molecule has 0 spiro atoms. The Morgan fingerprint density at radius 1 is 1.00 bits per heavy atom. The molecule has 0 saturated carbocycles. The van der Waals surface area contributed by atoms with E-state index >= 15 is 0 Å². The molecule has 30 heavy (non-hydrogen) atoms. The minimum Gasteiger partial charge on any atom is -0.346 e. The van der Waals surface area contributed by atoms with E-state index in [0.29, 0.717) is 11.3 Å². The number of rotatable bonds is 9. The summed E-state index contributed by atoms with van der Waals surface area (Å²) in [5.41, 5.74) is 3.81. The Hall–Kier alpha value is -2.92. The van der Waals surface area contributed by atoms with E-state index in [0.717, 1.165) is 18.5 Å². The van der Waals surface area contributed by atoms with E-state index in [4.69, 9.17) is 0 Å². The number of carbonyl (C=O) groups is 2. The molecule has 1 unspecified atom stereocenters. The van der Waals surface area contributed by atoms with Gasteiger partial charge in [-0.1, -0.05) is 42.0 Å². The lowest BCUT2D eigenvalue weighted by Gasteiger charge is -2.14. The van der Waals surface area contributed by atoms with E-state index < -0.39 is 0 Å². The van der Waals surface area contributed by atoms with Crippen LogP contribution in [0.1, 0.15) is 61.0 Å². The maximum atomic E-state index is 12.5. The van der Waals surface area contributed by atoms with Crippen LogP contribution >= 0.6 is 0 Å². The number of hydrogen-bond acceptors (Lipinski definition) is 3. The summed E-state index contributed by atoms with van der Waals surface area (Å²) in [6.07, 6.45) is 8.31. The van der Waals surface area contributed by atoms with Crippen molar-refractivity contribution < 1.29 is 9.59 Å². The first-order valence-corrected chi connectivity index (χ1v) is 10.8. The molecule has 0 radical (unpaired) electrons. The Bertz CT molecular complexity index is 860. The number of carbonyl (C=O) groups excluding carboxylic acids is 2. The van der Waals surface area contributed by atoms with Gasteiger partial charge in [0.25, 0.3) is 5.91 Å². The van der Waals surface area contributed by atoms with Crippen molar-refractivity contribution in [3.8, 4) is 0 Å². The molecule has 0 heterocycles. The monoisotopic (exact) mass is 405 g/mol. The summed E-state index contributed by atoms with van der Waals surface area (Å²) in [7, 11) is 0. The van der Waals surface area contributed by atoms with Crippen molar-refractivity contribution in [3.63, 3.8) is 0 Å². The third-order valence-corrected chi connectivity index (χ3v) is 5.37. The Balaban J connectivity index is 1.40. The molecule has 2 amide bonds. The van der Waals surface area contributed by atoms with Crippen molar-refractivity contribution in [2.75, 3.05) is 18.4 Å². The minimum atomic E-state index is -0.136. The van der Waals surface area contributed by atoms with Gasteiger partial charge >= 0.3 is 0 Å². The Morgan fingerprint density at radius 2 is 1.77 bits per heavy atom. The molecular weight excluding hydrogens is 374 g/mol. The fraction of sp³-hybridized carbons (Fsp3) is 0.360. The number of amides is 2. The number of benzene rings is 2. The maximum absolute atomic E-state index is 12.5. The Kier molecular flexibility index (Phi) is 8.21. The zero-order chi connectivity index (χ0) is 21.2. The van der Waals surface area contributed by atoms with Gasteiger partial charge in [0.2, 0.25) is 5.91 Å². The molecular formula is C25H31N3O2. The largest absolute Gasteiger partial charge is 0.346 e. The number of anilines is 1. The molecule has 1 aliphatic rings. The highest BCUT2D eigenvalue weighted by molar-refractivity contribution is 5.96. The molecule has 0 aliphatic heterocycles. The minimum absolute atomic E-state index is 0.0754.